The summed E-state index contributed by atoms with van der Waals surface area (Å²) in [5.41, 5.74) is 0.0507. The van der Waals surface area contributed by atoms with Crippen molar-refractivity contribution < 1.29 is 18.8 Å². The highest BCUT2D eigenvalue weighted by molar-refractivity contribution is 7.99. The summed E-state index contributed by atoms with van der Waals surface area (Å²) >= 11 is 6.95. The van der Waals surface area contributed by atoms with Gasteiger partial charge < -0.3 is 15.9 Å². The van der Waals surface area contributed by atoms with Gasteiger partial charge in [0.15, 0.2) is 17.4 Å². The molecule has 0 aliphatic carbocycles. The molecular weight excluding hydrogens is 439 g/mol. The second-order valence-electron chi connectivity index (χ2n) is 5.75. The molecule has 0 aliphatic rings. The average molecular weight is 453 g/mol. The maximum Gasteiger partial charge on any atom is 0.271 e. The summed E-state index contributed by atoms with van der Waals surface area (Å²) in [6.45, 7) is -0.115. The topological polar surface area (TPSA) is 138 Å². The molecule has 0 aliphatic heterocycles. The van der Waals surface area contributed by atoms with E-state index < -0.39 is 16.6 Å². The minimum Gasteiger partial charge on any atom is -0.482 e. The molecule has 0 bridgehead atoms. The first-order valence-corrected chi connectivity index (χ1v) is 9.65. The Morgan fingerprint density at radius 3 is 2.80 bits per heavy atom. The van der Waals surface area contributed by atoms with Crippen LogP contribution in [0.1, 0.15) is 5.82 Å². The minimum absolute atomic E-state index is 0.0390. The molecule has 0 saturated heterocycles. The van der Waals surface area contributed by atoms with Gasteiger partial charge in [0, 0.05) is 12.1 Å². The van der Waals surface area contributed by atoms with E-state index in [-0.39, 0.29) is 45.5 Å². The predicted octanol–water partition coefficient (Wildman–Crippen LogP) is 3.00. The number of hydrogen-bond donors (Lipinski definition) is 2. The zero-order valence-electron chi connectivity index (χ0n) is 15.1. The van der Waals surface area contributed by atoms with Gasteiger partial charge in [-0.2, -0.15) is 0 Å². The predicted molar refractivity (Wildman–Crippen MR) is 108 cm³/mol. The van der Waals surface area contributed by atoms with Gasteiger partial charge in [0.25, 0.3) is 5.69 Å². The molecule has 1 amide bonds. The number of halogens is 2. The zero-order chi connectivity index (χ0) is 21.7. The number of hydrogen-bond acceptors (Lipinski definition) is 8. The van der Waals surface area contributed by atoms with Crippen LogP contribution in [0.2, 0.25) is 5.02 Å². The van der Waals surface area contributed by atoms with Gasteiger partial charge in [0.1, 0.15) is 6.61 Å². The van der Waals surface area contributed by atoms with Gasteiger partial charge in [-0.25, -0.2) is 9.07 Å². The minimum atomic E-state index is -0.588. The van der Waals surface area contributed by atoms with Gasteiger partial charge in [-0.1, -0.05) is 35.5 Å². The quantitative estimate of drug-likeness (QED) is 0.230. The summed E-state index contributed by atoms with van der Waals surface area (Å²) in [7, 11) is 0. The number of nitrogens with two attached hydrogens (primary N) is 1. The van der Waals surface area contributed by atoms with E-state index in [1.807, 2.05) is 0 Å². The molecule has 0 atom stereocenters. The van der Waals surface area contributed by atoms with Crippen molar-refractivity contribution in [2.45, 2.75) is 11.8 Å². The Morgan fingerprint density at radius 1 is 1.33 bits per heavy atom. The summed E-state index contributed by atoms with van der Waals surface area (Å²) < 4.78 is 20.1. The SMILES string of the molecule is Nn1c(COc2ccccc2F)nnc1SCC(=O)Nc1ccc([N+](=O)[O-])cc1Cl. The normalized spacial score (nSPS) is 10.6. The molecular formula is C17H14ClFN6O4S. The molecule has 0 spiro atoms. The second-order valence-corrected chi connectivity index (χ2v) is 7.10. The van der Waals surface area contributed by atoms with E-state index in [1.54, 1.807) is 6.07 Å². The Bertz CT molecular complexity index is 1100. The van der Waals surface area contributed by atoms with E-state index in [4.69, 9.17) is 22.2 Å². The molecule has 1 aromatic heterocycles. The van der Waals surface area contributed by atoms with E-state index in [9.17, 15) is 19.3 Å². The number of nitrogen functional groups attached to an aromatic ring is 1. The summed E-state index contributed by atoms with van der Waals surface area (Å²) in [6, 6.07) is 9.61. The molecule has 13 heteroatoms. The van der Waals surface area contributed by atoms with Crippen LogP contribution in [0.3, 0.4) is 0 Å². The number of ether oxygens (including phenoxy) is 1. The van der Waals surface area contributed by atoms with Crippen molar-refractivity contribution in [3.63, 3.8) is 0 Å². The molecule has 2 aromatic carbocycles. The van der Waals surface area contributed by atoms with Crippen molar-refractivity contribution in [3.8, 4) is 5.75 Å². The maximum absolute atomic E-state index is 13.6. The van der Waals surface area contributed by atoms with Crippen LogP contribution in [0.15, 0.2) is 47.6 Å². The third-order valence-corrected chi connectivity index (χ3v) is 4.95. The Hall–Kier alpha value is -3.38. The van der Waals surface area contributed by atoms with E-state index in [1.165, 1.54) is 30.3 Å². The summed E-state index contributed by atoms with van der Waals surface area (Å²) in [6.07, 6.45) is 0. The molecule has 10 nitrogen and oxygen atoms in total. The van der Waals surface area contributed by atoms with Crippen LogP contribution in [0.25, 0.3) is 0 Å². The molecule has 3 rings (SSSR count). The summed E-state index contributed by atoms with van der Waals surface area (Å²) in [5.74, 6) is 5.16. The number of rotatable bonds is 8. The number of nitrogens with one attached hydrogen (secondary N) is 1. The lowest BCUT2D eigenvalue weighted by Gasteiger charge is -2.08. The van der Waals surface area contributed by atoms with Crippen LogP contribution in [-0.2, 0) is 11.4 Å². The first kappa shape index (κ1) is 21.3. The fourth-order valence-electron chi connectivity index (χ4n) is 2.24. The highest BCUT2D eigenvalue weighted by Gasteiger charge is 2.15. The highest BCUT2D eigenvalue weighted by Crippen LogP contribution is 2.27. The van der Waals surface area contributed by atoms with Gasteiger partial charge in [-0.3, -0.25) is 14.9 Å². The third-order valence-electron chi connectivity index (χ3n) is 3.70. The Labute approximate surface area is 178 Å². The lowest BCUT2D eigenvalue weighted by molar-refractivity contribution is -0.384. The molecule has 3 aromatic rings. The highest BCUT2D eigenvalue weighted by atomic mass is 35.5. The lowest BCUT2D eigenvalue weighted by Crippen LogP contribution is -2.18. The third kappa shape index (κ3) is 5.15. The molecule has 0 fully saturated rings. The van der Waals surface area contributed by atoms with Crippen LogP contribution < -0.4 is 15.9 Å². The number of nitro groups is 1. The number of nitrogens with zero attached hydrogens (tertiary/aromatic N) is 4. The van der Waals surface area contributed by atoms with Crippen LogP contribution in [0.4, 0.5) is 15.8 Å². The van der Waals surface area contributed by atoms with Crippen LogP contribution in [-0.4, -0.2) is 31.5 Å². The lowest BCUT2D eigenvalue weighted by atomic mass is 10.3. The van der Waals surface area contributed by atoms with Crippen molar-refractivity contribution in [2.24, 2.45) is 0 Å². The van der Waals surface area contributed by atoms with Crippen molar-refractivity contribution in [2.75, 3.05) is 16.9 Å². The monoisotopic (exact) mass is 452 g/mol. The van der Waals surface area contributed by atoms with Crippen molar-refractivity contribution >= 4 is 40.6 Å². The van der Waals surface area contributed by atoms with Gasteiger partial charge in [-0.05, 0) is 18.2 Å². The van der Waals surface area contributed by atoms with Crippen LogP contribution in [0, 0.1) is 15.9 Å². The number of nitro benzene ring substituents is 1. The molecule has 156 valence electrons. The zero-order valence-corrected chi connectivity index (χ0v) is 16.7. The Balaban J connectivity index is 1.55. The number of thioether (sulfide) groups is 1. The number of carbonyl (C=O) groups is 1. The number of para-hydroxylation sites is 1. The fourth-order valence-corrected chi connectivity index (χ4v) is 3.14. The number of aromatic nitrogens is 3. The van der Waals surface area contributed by atoms with E-state index in [0.717, 1.165) is 22.5 Å². The first-order chi connectivity index (χ1) is 14.3. The van der Waals surface area contributed by atoms with Gasteiger partial charge in [-0.15, -0.1) is 10.2 Å². The van der Waals surface area contributed by atoms with Crippen LogP contribution in [0.5, 0.6) is 5.75 Å². The molecule has 30 heavy (non-hydrogen) atoms. The molecule has 3 N–H and O–H groups in total. The molecule has 0 unspecified atom stereocenters. The van der Waals surface area contributed by atoms with Gasteiger partial charge in [0.05, 0.1) is 21.4 Å². The standard InChI is InChI=1S/C17H14ClFN6O4S/c18-11-7-10(25(27)28)5-6-13(11)21-16(26)9-30-17-23-22-15(24(17)20)8-29-14-4-2-1-3-12(14)19/h1-7H,8-9,20H2,(H,21,26). The van der Waals surface area contributed by atoms with E-state index in [2.05, 4.69) is 15.5 Å². The van der Waals surface area contributed by atoms with Crippen molar-refractivity contribution in [1.29, 1.82) is 0 Å². The summed E-state index contributed by atoms with van der Waals surface area (Å²) in [4.78, 5) is 22.3. The Kier molecular flexibility index (Phi) is 6.69. The van der Waals surface area contributed by atoms with E-state index in [0.29, 0.717) is 0 Å². The van der Waals surface area contributed by atoms with Crippen molar-refractivity contribution in [1.82, 2.24) is 14.9 Å². The van der Waals surface area contributed by atoms with Crippen molar-refractivity contribution in [3.05, 3.63) is 69.2 Å². The van der Waals surface area contributed by atoms with Crippen LogP contribution >= 0.6 is 23.4 Å². The number of anilines is 1. The smallest absolute Gasteiger partial charge is 0.271 e. The first-order valence-electron chi connectivity index (χ1n) is 8.28. The summed E-state index contributed by atoms with van der Waals surface area (Å²) in [5, 5.41) is 21.3. The second kappa shape index (κ2) is 9.41. The number of carbonyl (C=O) groups excluding carboxylic acids is 1. The van der Waals surface area contributed by atoms with E-state index >= 15 is 0 Å². The molecule has 0 radical (unpaired) electrons. The number of amides is 1. The molecule has 1 heterocycles. The van der Waals surface area contributed by atoms with Gasteiger partial charge in [0.2, 0.25) is 11.1 Å². The fraction of sp³-hybridized carbons (Fsp3) is 0.118. The largest absolute Gasteiger partial charge is 0.482 e. The maximum atomic E-state index is 13.6. The number of non-ortho nitro benzene ring substituents is 1. The van der Waals surface area contributed by atoms with Gasteiger partial charge >= 0.3 is 0 Å². The molecule has 0 saturated carbocycles. The Morgan fingerprint density at radius 2 is 2.10 bits per heavy atom. The number of benzene rings is 2. The average Bonchev–Trinajstić information content (AvgIpc) is 3.07.